The molecule has 0 bridgehead atoms. The number of nitrogen functional groups attached to an aromatic ring is 1. The lowest BCUT2D eigenvalue weighted by Gasteiger charge is -2.26. The van der Waals surface area contributed by atoms with Gasteiger partial charge in [0.15, 0.2) is 0 Å². The number of anilines is 1. The van der Waals surface area contributed by atoms with E-state index in [1.165, 1.54) is 0 Å². The Labute approximate surface area is 111 Å². The molecule has 0 saturated carbocycles. The largest absolute Gasteiger partial charge is 0.398 e. The Morgan fingerprint density at radius 3 is 3.11 bits per heavy atom. The summed E-state index contributed by atoms with van der Waals surface area (Å²) in [6, 6.07) is 7.77. The fourth-order valence-electron chi connectivity index (χ4n) is 2.45. The zero-order chi connectivity index (χ0) is 13.2. The van der Waals surface area contributed by atoms with Crippen molar-refractivity contribution in [1.82, 2.24) is 15.2 Å². The van der Waals surface area contributed by atoms with Crippen LogP contribution in [0.25, 0.3) is 10.9 Å². The van der Waals surface area contributed by atoms with E-state index in [0.717, 1.165) is 35.2 Å². The number of fused-ring (bicyclic) bond motifs is 1. The lowest BCUT2D eigenvalue weighted by molar-refractivity contribution is -0.124. The van der Waals surface area contributed by atoms with Crippen LogP contribution in [0, 0.1) is 0 Å². The smallest absolute Gasteiger partial charge is 0.234 e. The molecule has 3 rings (SSSR count). The number of benzene rings is 1. The van der Waals surface area contributed by atoms with E-state index in [2.05, 4.69) is 15.2 Å². The lowest BCUT2D eigenvalue weighted by atomic mass is 10.1. The van der Waals surface area contributed by atoms with Gasteiger partial charge in [0.05, 0.1) is 12.1 Å². The Kier molecular flexibility index (Phi) is 3.05. The molecule has 19 heavy (non-hydrogen) atoms. The van der Waals surface area contributed by atoms with Gasteiger partial charge in [0.2, 0.25) is 5.91 Å². The highest BCUT2D eigenvalue weighted by molar-refractivity contribution is 5.92. The minimum Gasteiger partial charge on any atom is -0.398 e. The number of carbonyl (C=O) groups is 1. The highest BCUT2D eigenvalue weighted by Gasteiger charge is 2.17. The number of rotatable bonds is 2. The van der Waals surface area contributed by atoms with E-state index in [9.17, 15) is 4.79 Å². The number of hydrogen-bond donors (Lipinski definition) is 2. The van der Waals surface area contributed by atoms with E-state index < -0.39 is 0 Å². The molecule has 1 aromatic heterocycles. The van der Waals surface area contributed by atoms with E-state index in [-0.39, 0.29) is 5.91 Å². The molecule has 1 aliphatic rings. The number of nitrogens with zero attached hydrogens (tertiary/aromatic N) is 2. The topological polar surface area (TPSA) is 71.2 Å². The van der Waals surface area contributed by atoms with Crippen molar-refractivity contribution in [2.24, 2.45) is 0 Å². The van der Waals surface area contributed by atoms with Crippen LogP contribution >= 0.6 is 0 Å². The first-order chi connectivity index (χ1) is 9.24. The first-order valence-electron chi connectivity index (χ1n) is 6.35. The summed E-state index contributed by atoms with van der Waals surface area (Å²) in [5, 5.41) is 3.80. The molecule has 2 aromatic rings. The number of aromatic nitrogens is 1. The van der Waals surface area contributed by atoms with Gasteiger partial charge in [-0.15, -0.1) is 0 Å². The van der Waals surface area contributed by atoms with Gasteiger partial charge in [0.25, 0.3) is 0 Å². The standard InChI is InChI=1S/C14H16N4O/c15-12-4-3-10(14-11(12)2-1-5-17-14)8-18-7-6-16-13(19)9-18/h1-5H,6-9,15H2,(H,16,19). The zero-order valence-corrected chi connectivity index (χ0v) is 10.6. The second-order valence-electron chi connectivity index (χ2n) is 4.77. The van der Waals surface area contributed by atoms with Crippen molar-refractivity contribution in [3.05, 3.63) is 36.0 Å². The third kappa shape index (κ3) is 2.37. The van der Waals surface area contributed by atoms with Gasteiger partial charge in [0, 0.05) is 36.9 Å². The molecule has 2 heterocycles. The number of hydrogen-bond acceptors (Lipinski definition) is 4. The van der Waals surface area contributed by atoms with Crippen LogP contribution in [0.15, 0.2) is 30.5 Å². The second kappa shape index (κ2) is 4.85. The fraction of sp³-hybridized carbons (Fsp3) is 0.286. The van der Waals surface area contributed by atoms with Crippen LogP contribution in [0.1, 0.15) is 5.56 Å². The van der Waals surface area contributed by atoms with Gasteiger partial charge >= 0.3 is 0 Å². The summed E-state index contributed by atoms with van der Waals surface area (Å²) in [4.78, 5) is 17.9. The van der Waals surface area contributed by atoms with Crippen LogP contribution in [0.5, 0.6) is 0 Å². The second-order valence-corrected chi connectivity index (χ2v) is 4.77. The van der Waals surface area contributed by atoms with Crippen LogP contribution in [0.4, 0.5) is 5.69 Å². The predicted molar refractivity (Wildman–Crippen MR) is 74.4 cm³/mol. The first-order valence-corrected chi connectivity index (χ1v) is 6.35. The van der Waals surface area contributed by atoms with Gasteiger partial charge in [-0.3, -0.25) is 14.7 Å². The van der Waals surface area contributed by atoms with Gasteiger partial charge in [-0.1, -0.05) is 6.07 Å². The predicted octanol–water partition coefficient (Wildman–Crippen LogP) is 0.749. The molecule has 5 nitrogen and oxygen atoms in total. The number of nitrogens with one attached hydrogen (secondary N) is 1. The van der Waals surface area contributed by atoms with Crippen LogP contribution in [-0.2, 0) is 11.3 Å². The average Bonchev–Trinajstić information content (AvgIpc) is 2.42. The quantitative estimate of drug-likeness (QED) is 0.778. The minimum atomic E-state index is 0.0824. The average molecular weight is 256 g/mol. The van der Waals surface area contributed by atoms with Gasteiger partial charge in [0.1, 0.15) is 0 Å². The highest BCUT2D eigenvalue weighted by Crippen LogP contribution is 2.23. The lowest BCUT2D eigenvalue weighted by Crippen LogP contribution is -2.47. The summed E-state index contributed by atoms with van der Waals surface area (Å²) in [6.45, 7) is 2.74. The van der Waals surface area contributed by atoms with Gasteiger partial charge in [-0.25, -0.2) is 0 Å². The Balaban J connectivity index is 1.92. The van der Waals surface area contributed by atoms with Gasteiger partial charge in [-0.2, -0.15) is 0 Å². The normalized spacial score (nSPS) is 16.5. The summed E-state index contributed by atoms with van der Waals surface area (Å²) in [6.07, 6.45) is 1.77. The van der Waals surface area contributed by atoms with Crippen molar-refractivity contribution in [2.75, 3.05) is 25.4 Å². The molecule has 0 aliphatic carbocycles. The number of piperazine rings is 1. The van der Waals surface area contributed by atoms with Crippen LogP contribution in [0.3, 0.4) is 0 Å². The van der Waals surface area contributed by atoms with Crippen LogP contribution in [0.2, 0.25) is 0 Å². The third-order valence-electron chi connectivity index (χ3n) is 3.40. The summed E-state index contributed by atoms with van der Waals surface area (Å²) in [5.74, 6) is 0.0824. The molecule has 1 aliphatic heterocycles. The van der Waals surface area contributed by atoms with E-state index in [4.69, 9.17) is 5.73 Å². The van der Waals surface area contributed by atoms with E-state index >= 15 is 0 Å². The first kappa shape index (κ1) is 11.9. The molecule has 0 spiro atoms. The molecule has 5 heteroatoms. The van der Waals surface area contributed by atoms with Crippen molar-refractivity contribution in [3.63, 3.8) is 0 Å². The van der Waals surface area contributed by atoms with E-state index in [1.807, 2.05) is 24.3 Å². The maximum Gasteiger partial charge on any atom is 0.234 e. The minimum absolute atomic E-state index is 0.0824. The fourth-order valence-corrected chi connectivity index (χ4v) is 2.45. The Bertz CT molecular complexity index is 626. The van der Waals surface area contributed by atoms with Crippen molar-refractivity contribution in [2.45, 2.75) is 6.54 Å². The zero-order valence-electron chi connectivity index (χ0n) is 10.6. The molecule has 1 fully saturated rings. The Morgan fingerprint density at radius 1 is 1.37 bits per heavy atom. The summed E-state index contributed by atoms with van der Waals surface area (Å²) in [5.41, 5.74) is 8.74. The number of amides is 1. The molecular weight excluding hydrogens is 240 g/mol. The molecule has 1 amide bonds. The van der Waals surface area contributed by atoms with Gasteiger partial charge in [-0.05, 0) is 23.8 Å². The summed E-state index contributed by atoms with van der Waals surface area (Å²) in [7, 11) is 0. The number of pyridine rings is 1. The molecule has 3 N–H and O–H groups in total. The summed E-state index contributed by atoms with van der Waals surface area (Å²) < 4.78 is 0. The van der Waals surface area contributed by atoms with E-state index in [0.29, 0.717) is 13.1 Å². The van der Waals surface area contributed by atoms with Crippen LogP contribution < -0.4 is 11.1 Å². The van der Waals surface area contributed by atoms with Crippen molar-refractivity contribution in [1.29, 1.82) is 0 Å². The van der Waals surface area contributed by atoms with Crippen molar-refractivity contribution in [3.8, 4) is 0 Å². The maximum atomic E-state index is 11.4. The maximum absolute atomic E-state index is 11.4. The monoisotopic (exact) mass is 256 g/mol. The van der Waals surface area contributed by atoms with E-state index in [1.54, 1.807) is 6.20 Å². The molecule has 0 radical (unpaired) electrons. The molecule has 1 saturated heterocycles. The van der Waals surface area contributed by atoms with Crippen molar-refractivity contribution >= 4 is 22.5 Å². The van der Waals surface area contributed by atoms with Gasteiger partial charge < -0.3 is 11.1 Å². The third-order valence-corrected chi connectivity index (χ3v) is 3.40. The van der Waals surface area contributed by atoms with Crippen LogP contribution in [-0.4, -0.2) is 35.4 Å². The number of nitrogens with two attached hydrogens (primary N) is 1. The molecule has 0 atom stereocenters. The Hall–Kier alpha value is -2.14. The molecule has 1 aromatic carbocycles. The molecule has 0 unspecified atom stereocenters. The van der Waals surface area contributed by atoms with Crippen molar-refractivity contribution < 1.29 is 4.79 Å². The molecular formula is C14H16N4O. The highest BCUT2D eigenvalue weighted by atomic mass is 16.2. The number of carbonyl (C=O) groups excluding carboxylic acids is 1. The SMILES string of the molecule is Nc1ccc(CN2CCNC(=O)C2)c2ncccc12. The molecule has 98 valence electrons. The Morgan fingerprint density at radius 2 is 2.26 bits per heavy atom. The summed E-state index contributed by atoms with van der Waals surface area (Å²) >= 11 is 0.